The van der Waals surface area contributed by atoms with Crippen LogP contribution in [0.25, 0.3) is 0 Å². The van der Waals surface area contributed by atoms with E-state index < -0.39 is 0 Å². The summed E-state index contributed by atoms with van der Waals surface area (Å²) in [5.41, 5.74) is 2.34. The third-order valence-corrected chi connectivity index (χ3v) is 5.07. The highest BCUT2D eigenvalue weighted by atomic mass is 19.1. The van der Waals surface area contributed by atoms with Crippen LogP contribution >= 0.6 is 0 Å². The van der Waals surface area contributed by atoms with Crippen LogP contribution in [0.15, 0.2) is 53.6 Å². The van der Waals surface area contributed by atoms with E-state index in [0.29, 0.717) is 18.7 Å². The highest BCUT2D eigenvalue weighted by molar-refractivity contribution is 6.03. The lowest BCUT2D eigenvalue weighted by Crippen LogP contribution is -2.43. The Hall–Kier alpha value is -3.42. The number of hydrogen-bond donors (Lipinski definition) is 1. The minimum Gasteiger partial charge on any atom is -0.497 e. The highest BCUT2D eigenvalue weighted by Gasteiger charge is 2.34. The third-order valence-electron chi connectivity index (χ3n) is 5.07. The fourth-order valence-electron chi connectivity index (χ4n) is 3.38. The highest BCUT2D eigenvalue weighted by Crippen LogP contribution is 2.33. The SMILES string of the molecule is CCCNC(=O)N(C)CC(=O)N1N=C(c2cccc(OC)c2)C[C@H]1c1ccc(F)cc1. The number of nitrogens with one attached hydrogen (secondary N) is 1. The van der Waals surface area contributed by atoms with Gasteiger partial charge in [0, 0.05) is 25.6 Å². The number of carbonyl (C=O) groups is 2. The molecule has 1 aliphatic heterocycles. The number of nitrogens with zero attached hydrogens (tertiary/aromatic N) is 3. The number of urea groups is 1. The first-order valence-corrected chi connectivity index (χ1v) is 10.2. The molecule has 164 valence electrons. The molecule has 0 aliphatic carbocycles. The molecule has 0 saturated heterocycles. The van der Waals surface area contributed by atoms with Crippen molar-refractivity contribution in [2.45, 2.75) is 25.8 Å². The molecule has 1 atom stereocenters. The van der Waals surface area contributed by atoms with Gasteiger partial charge in [0.25, 0.3) is 5.91 Å². The van der Waals surface area contributed by atoms with Crippen molar-refractivity contribution in [3.63, 3.8) is 0 Å². The standard InChI is InChI=1S/C23H27FN4O3/c1-4-12-25-23(30)27(2)15-22(29)28-21(16-8-10-18(24)11-9-16)14-20(26-28)17-6-5-7-19(13-17)31-3/h5-11,13,21H,4,12,14-15H2,1-3H3,(H,25,30)/t21-/m0/s1. The van der Waals surface area contributed by atoms with Gasteiger partial charge in [-0.15, -0.1) is 0 Å². The Labute approximate surface area is 181 Å². The Kier molecular flexibility index (Phi) is 7.23. The van der Waals surface area contributed by atoms with Gasteiger partial charge in [-0.3, -0.25) is 4.79 Å². The van der Waals surface area contributed by atoms with Crippen molar-refractivity contribution in [1.82, 2.24) is 15.2 Å². The van der Waals surface area contributed by atoms with Crippen LogP contribution in [0.3, 0.4) is 0 Å². The molecule has 2 aromatic rings. The molecule has 3 rings (SSSR count). The van der Waals surface area contributed by atoms with E-state index in [2.05, 4.69) is 10.4 Å². The number of ether oxygens (including phenoxy) is 1. The number of methoxy groups -OCH3 is 1. The van der Waals surface area contributed by atoms with Crippen molar-refractivity contribution < 1.29 is 18.7 Å². The smallest absolute Gasteiger partial charge is 0.317 e. The number of halogens is 1. The van der Waals surface area contributed by atoms with Crippen LogP contribution in [0.1, 0.15) is 36.9 Å². The molecule has 2 aromatic carbocycles. The van der Waals surface area contributed by atoms with Gasteiger partial charge in [-0.1, -0.05) is 31.2 Å². The Morgan fingerprint density at radius 1 is 1.26 bits per heavy atom. The van der Waals surface area contributed by atoms with E-state index in [4.69, 9.17) is 4.74 Å². The average molecular weight is 426 g/mol. The number of hydrazone groups is 1. The van der Waals surface area contributed by atoms with Crippen LogP contribution in [0, 0.1) is 5.82 Å². The number of carbonyl (C=O) groups excluding carboxylic acids is 2. The predicted octanol–water partition coefficient (Wildman–Crippen LogP) is 3.56. The number of benzene rings is 2. The van der Waals surface area contributed by atoms with E-state index >= 15 is 0 Å². The molecule has 3 amide bonds. The van der Waals surface area contributed by atoms with E-state index in [9.17, 15) is 14.0 Å². The second-order valence-corrected chi connectivity index (χ2v) is 7.38. The first kappa shape index (κ1) is 22.3. The van der Waals surface area contributed by atoms with Gasteiger partial charge in [0.1, 0.15) is 18.1 Å². The maximum absolute atomic E-state index is 13.4. The molecule has 0 fully saturated rings. The topological polar surface area (TPSA) is 74.2 Å². The van der Waals surface area contributed by atoms with Crippen LogP contribution in [-0.4, -0.2) is 54.8 Å². The largest absolute Gasteiger partial charge is 0.497 e. The summed E-state index contributed by atoms with van der Waals surface area (Å²) in [6, 6.07) is 12.8. The van der Waals surface area contributed by atoms with Crippen molar-refractivity contribution in [2.75, 3.05) is 27.2 Å². The number of rotatable bonds is 7. The molecule has 7 nitrogen and oxygen atoms in total. The van der Waals surface area contributed by atoms with Gasteiger partial charge in [-0.2, -0.15) is 5.10 Å². The summed E-state index contributed by atoms with van der Waals surface area (Å²) in [7, 11) is 3.16. The minimum absolute atomic E-state index is 0.123. The van der Waals surface area contributed by atoms with Crippen LogP contribution in [0.4, 0.5) is 9.18 Å². The van der Waals surface area contributed by atoms with Gasteiger partial charge in [-0.25, -0.2) is 14.2 Å². The molecule has 1 heterocycles. The Morgan fingerprint density at radius 3 is 2.68 bits per heavy atom. The molecule has 0 saturated carbocycles. The first-order chi connectivity index (χ1) is 14.9. The zero-order chi connectivity index (χ0) is 22.4. The second-order valence-electron chi connectivity index (χ2n) is 7.38. The van der Waals surface area contributed by atoms with E-state index in [1.165, 1.54) is 22.0 Å². The monoisotopic (exact) mass is 426 g/mol. The Balaban J connectivity index is 1.85. The molecule has 31 heavy (non-hydrogen) atoms. The molecule has 0 radical (unpaired) electrons. The van der Waals surface area contributed by atoms with E-state index in [0.717, 1.165) is 23.3 Å². The van der Waals surface area contributed by atoms with Crippen LogP contribution in [0.5, 0.6) is 5.75 Å². The molecule has 1 N–H and O–H groups in total. The normalized spacial score (nSPS) is 15.4. The molecule has 0 spiro atoms. The Bertz CT molecular complexity index is 962. The van der Waals surface area contributed by atoms with Crippen LogP contribution < -0.4 is 10.1 Å². The molecule has 1 aliphatic rings. The lowest BCUT2D eigenvalue weighted by Gasteiger charge is -2.25. The number of amides is 3. The lowest BCUT2D eigenvalue weighted by atomic mass is 9.98. The fraction of sp³-hybridized carbons (Fsp3) is 0.348. The summed E-state index contributed by atoms with van der Waals surface area (Å²) in [5.74, 6) is 0.0258. The molecule has 0 bridgehead atoms. The zero-order valence-corrected chi connectivity index (χ0v) is 18.0. The molecule has 0 unspecified atom stereocenters. The van der Waals surface area contributed by atoms with Gasteiger partial charge in [0.2, 0.25) is 0 Å². The summed E-state index contributed by atoms with van der Waals surface area (Å²) < 4.78 is 18.7. The molecular formula is C23H27FN4O3. The quantitative estimate of drug-likeness (QED) is 0.736. The second kappa shape index (κ2) is 10.1. The fourth-order valence-corrected chi connectivity index (χ4v) is 3.38. The van der Waals surface area contributed by atoms with E-state index in [1.807, 2.05) is 31.2 Å². The van der Waals surface area contributed by atoms with Gasteiger partial charge in [-0.05, 0) is 36.2 Å². The van der Waals surface area contributed by atoms with Gasteiger partial charge >= 0.3 is 6.03 Å². The number of hydrogen-bond acceptors (Lipinski definition) is 4. The minimum atomic E-state index is -0.388. The molecule has 8 heteroatoms. The lowest BCUT2D eigenvalue weighted by molar-refractivity contribution is -0.133. The van der Waals surface area contributed by atoms with Crippen LogP contribution in [-0.2, 0) is 4.79 Å². The first-order valence-electron chi connectivity index (χ1n) is 10.2. The van der Waals surface area contributed by atoms with E-state index in [1.54, 1.807) is 26.3 Å². The van der Waals surface area contributed by atoms with Gasteiger partial charge in [0.15, 0.2) is 0 Å². The molecule has 0 aromatic heterocycles. The zero-order valence-electron chi connectivity index (χ0n) is 18.0. The van der Waals surface area contributed by atoms with Gasteiger partial charge in [0.05, 0.1) is 18.9 Å². The summed E-state index contributed by atoms with van der Waals surface area (Å²) in [4.78, 5) is 26.6. The average Bonchev–Trinajstić information content (AvgIpc) is 3.23. The maximum Gasteiger partial charge on any atom is 0.317 e. The van der Waals surface area contributed by atoms with Crippen LogP contribution in [0.2, 0.25) is 0 Å². The number of likely N-dealkylation sites (N-methyl/N-ethyl adjacent to an activating group) is 1. The Morgan fingerprint density at radius 2 is 2.00 bits per heavy atom. The van der Waals surface area contributed by atoms with Crippen molar-refractivity contribution in [3.8, 4) is 5.75 Å². The van der Waals surface area contributed by atoms with E-state index in [-0.39, 0.29) is 30.3 Å². The third kappa shape index (κ3) is 5.39. The predicted molar refractivity (Wildman–Crippen MR) is 116 cm³/mol. The summed E-state index contributed by atoms with van der Waals surface area (Å²) in [5, 5.41) is 8.72. The maximum atomic E-state index is 13.4. The van der Waals surface area contributed by atoms with Gasteiger partial charge < -0.3 is 15.0 Å². The van der Waals surface area contributed by atoms with Crippen molar-refractivity contribution in [1.29, 1.82) is 0 Å². The summed E-state index contributed by atoms with van der Waals surface area (Å²) in [6.07, 6.45) is 1.27. The summed E-state index contributed by atoms with van der Waals surface area (Å²) >= 11 is 0. The van der Waals surface area contributed by atoms with Crippen molar-refractivity contribution in [3.05, 3.63) is 65.5 Å². The summed E-state index contributed by atoms with van der Waals surface area (Å²) in [6.45, 7) is 2.37. The molecular weight excluding hydrogens is 399 g/mol. The van der Waals surface area contributed by atoms with Crippen molar-refractivity contribution >= 4 is 17.6 Å². The van der Waals surface area contributed by atoms with Crippen molar-refractivity contribution in [2.24, 2.45) is 5.10 Å².